The number of halogens is 1. The molecule has 218 valence electrons. The van der Waals surface area contributed by atoms with E-state index >= 15 is 0 Å². The number of hydrogen-bond donors (Lipinski definition) is 2. The van der Waals surface area contributed by atoms with E-state index in [-0.39, 0.29) is 5.88 Å². The summed E-state index contributed by atoms with van der Waals surface area (Å²) >= 11 is 0. The average molecular weight is 581 g/mol. The number of carbonyl (C=O) groups excluding carboxylic acids is 2. The number of rotatable bonds is 8. The van der Waals surface area contributed by atoms with Crippen LogP contribution in [-0.2, 0) is 4.79 Å². The zero-order chi connectivity index (χ0) is 30.5. The maximum Gasteiger partial charge on any atom is 0.323 e. The average Bonchev–Trinajstić information content (AvgIpc) is 3.36. The number of urea groups is 1. The predicted molar refractivity (Wildman–Crippen MR) is 163 cm³/mol. The van der Waals surface area contributed by atoms with E-state index in [0.717, 1.165) is 5.56 Å². The van der Waals surface area contributed by atoms with Gasteiger partial charge < -0.3 is 24.8 Å². The Morgan fingerprint density at radius 3 is 2.02 bits per heavy atom. The van der Waals surface area contributed by atoms with Crippen molar-refractivity contribution in [2.45, 2.75) is 13.8 Å². The Morgan fingerprint density at radius 2 is 1.42 bits per heavy atom. The number of nitrogens with zero attached hydrogens (tertiary/aromatic N) is 2. The molecule has 0 unspecified atom stereocenters. The molecule has 0 radical (unpaired) electrons. The number of benzene rings is 4. The van der Waals surface area contributed by atoms with Gasteiger partial charge in [-0.15, -0.1) is 0 Å². The highest BCUT2D eigenvalue weighted by Gasteiger charge is 2.25. The molecule has 0 aliphatic rings. The summed E-state index contributed by atoms with van der Waals surface area (Å²) in [6, 6.07) is 25.1. The first-order valence-corrected chi connectivity index (χ1v) is 13.3. The van der Waals surface area contributed by atoms with Crippen molar-refractivity contribution < 1.29 is 28.2 Å². The summed E-state index contributed by atoms with van der Waals surface area (Å²) in [5.41, 5.74) is 4.83. The Hall–Kier alpha value is -5.64. The molecule has 0 saturated heterocycles. The number of anilines is 2. The van der Waals surface area contributed by atoms with Crippen LogP contribution in [0.5, 0.6) is 17.4 Å². The number of hydrogen-bond acceptors (Lipinski definition) is 6. The smallest absolute Gasteiger partial charge is 0.323 e. The number of ether oxygens (including phenoxy) is 3. The molecule has 9 nitrogen and oxygen atoms in total. The topological polar surface area (TPSA) is 104 Å². The molecule has 0 saturated carbocycles. The summed E-state index contributed by atoms with van der Waals surface area (Å²) in [4.78, 5) is 24.9. The van der Waals surface area contributed by atoms with E-state index in [4.69, 9.17) is 19.3 Å². The van der Waals surface area contributed by atoms with Gasteiger partial charge in [-0.3, -0.25) is 4.79 Å². The summed E-state index contributed by atoms with van der Waals surface area (Å²) in [7, 11) is 3.07. The number of nitrogens with one attached hydrogen (secondary N) is 2. The third kappa shape index (κ3) is 6.48. The number of amides is 2. The highest BCUT2D eigenvalue weighted by atomic mass is 19.1. The molecule has 1 aromatic heterocycles. The number of aryl methyl sites for hydroxylation is 1. The van der Waals surface area contributed by atoms with E-state index in [1.807, 2.05) is 31.2 Å². The van der Waals surface area contributed by atoms with E-state index < -0.39 is 17.8 Å². The van der Waals surface area contributed by atoms with Crippen LogP contribution in [0, 0.1) is 12.7 Å². The second kappa shape index (κ2) is 12.5. The molecule has 2 amide bonds. The lowest BCUT2D eigenvalue weighted by atomic mass is 10.0. The van der Waals surface area contributed by atoms with E-state index in [9.17, 15) is 14.0 Å². The SMILES string of the molecule is COc1ccc(-c2nn(-c3cccc(F)c3)c(OC(C)=O)c2-c2ccc(NC(=O)Nc3ccc(C)cc3)cc2)cc1OC. The summed E-state index contributed by atoms with van der Waals surface area (Å²) in [6.07, 6.45) is 0. The van der Waals surface area contributed by atoms with Gasteiger partial charge in [-0.1, -0.05) is 35.9 Å². The van der Waals surface area contributed by atoms with Crippen LogP contribution in [0.25, 0.3) is 28.1 Å². The van der Waals surface area contributed by atoms with E-state index in [1.54, 1.807) is 54.6 Å². The van der Waals surface area contributed by atoms with Crippen LogP contribution in [0.1, 0.15) is 12.5 Å². The molecule has 5 rings (SSSR count). The molecule has 0 aliphatic heterocycles. The highest BCUT2D eigenvalue weighted by molar-refractivity contribution is 6.00. The lowest BCUT2D eigenvalue weighted by Gasteiger charge is -2.12. The molecule has 10 heteroatoms. The van der Waals surface area contributed by atoms with Crippen molar-refractivity contribution in [3.63, 3.8) is 0 Å². The predicted octanol–water partition coefficient (Wildman–Crippen LogP) is 7.24. The van der Waals surface area contributed by atoms with Gasteiger partial charge >= 0.3 is 12.0 Å². The lowest BCUT2D eigenvalue weighted by Crippen LogP contribution is -2.19. The zero-order valence-electron chi connectivity index (χ0n) is 24.0. The number of aromatic nitrogens is 2. The van der Waals surface area contributed by atoms with Crippen molar-refractivity contribution in [2.75, 3.05) is 24.9 Å². The van der Waals surface area contributed by atoms with Crippen molar-refractivity contribution >= 4 is 23.4 Å². The molecule has 0 atom stereocenters. The monoisotopic (exact) mass is 580 g/mol. The third-order valence-electron chi connectivity index (χ3n) is 6.53. The standard InChI is InChI=1S/C33H29FN4O5/c1-20-8-13-25(14-9-20)35-33(40)36-26-15-10-22(11-16-26)30-31(23-12-17-28(41-3)29(18-23)42-4)37-38(32(30)43-21(2)39)27-7-5-6-24(34)19-27/h5-19H,1-4H3,(H2,35,36,40). The van der Waals surface area contributed by atoms with Crippen molar-refractivity contribution in [2.24, 2.45) is 0 Å². The molecule has 1 heterocycles. The Kier molecular flexibility index (Phi) is 8.38. The van der Waals surface area contributed by atoms with E-state index in [0.29, 0.717) is 50.9 Å². The van der Waals surface area contributed by atoms with Gasteiger partial charge in [-0.25, -0.2) is 9.18 Å². The van der Waals surface area contributed by atoms with Gasteiger partial charge in [0.15, 0.2) is 11.5 Å². The molecule has 43 heavy (non-hydrogen) atoms. The van der Waals surface area contributed by atoms with Crippen LogP contribution in [0.3, 0.4) is 0 Å². The summed E-state index contributed by atoms with van der Waals surface area (Å²) in [6.45, 7) is 3.25. The maximum atomic E-state index is 14.3. The molecule has 2 N–H and O–H groups in total. The van der Waals surface area contributed by atoms with Crippen LogP contribution in [0.2, 0.25) is 0 Å². The Bertz CT molecular complexity index is 1780. The largest absolute Gasteiger partial charge is 0.493 e. The molecule has 5 aromatic rings. The second-order valence-corrected chi connectivity index (χ2v) is 9.61. The van der Waals surface area contributed by atoms with E-state index in [2.05, 4.69) is 10.6 Å². The van der Waals surface area contributed by atoms with Crippen LogP contribution in [-0.4, -0.2) is 36.0 Å². The fraction of sp³-hybridized carbons (Fsp3) is 0.121. The van der Waals surface area contributed by atoms with Gasteiger partial charge in [0, 0.05) is 23.9 Å². The Balaban J connectivity index is 1.58. The van der Waals surface area contributed by atoms with Crippen molar-refractivity contribution in [3.8, 4) is 45.5 Å². The number of methoxy groups -OCH3 is 2. The fourth-order valence-electron chi connectivity index (χ4n) is 4.51. The molecule has 0 fully saturated rings. The van der Waals surface area contributed by atoms with Gasteiger partial charge in [0.25, 0.3) is 0 Å². The molecular weight excluding hydrogens is 551 g/mol. The van der Waals surface area contributed by atoms with E-state index in [1.165, 1.54) is 38.0 Å². The minimum Gasteiger partial charge on any atom is -0.493 e. The van der Waals surface area contributed by atoms with Gasteiger partial charge in [-0.2, -0.15) is 9.78 Å². The van der Waals surface area contributed by atoms with Crippen LogP contribution >= 0.6 is 0 Å². The number of esters is 1. The molecule has 0 bridgehead atoms. The first kappa shape index (κ1) is 28.9. The Labute approximate surface area is 247 Å². The molecular formula is C33H29FN4O5. The second-order valence-electron chi connectivity index (χ2n) is 9.61. The molecule has 0 spiro atoms. The summed E-state index contributed by atoms with van der Waals surface area (Å²) < 4.78 is 32.2. The summed E-state index contributed by atoms with van der Waals surface area (Å²) in [5.74, 6) is 0.0381. The van der Waals surface area contributed by atoms with Crippen LogP contribution < -0.4 is 24.8 Å². The van der Waals surface area contributed by atoms with Gasteiger partial charge in [0.2, 0.25) is 5.88 Å². The van der Waals surface area contributed by atoms with Gasteiger partial charge in [-0.05, 0) is 73.2 Å². The van der Waals surface area contributed by atoms with Crippen molar-refractivity contribution in [1.82, 2.24) is 9.78 Å². The maximum absolute atomic E-state index is 14.3. The zero-order valence-corrected chi connectivity index (χ0v) is 24.0. The number of carbonyl (C=O) groups is 2. The van der Waals surface area contributed by atoms with Crippen molar-refractivity contribution in [1.29, 1.82) is 0 Å². The quantitative estimate of drug-likeness (QED) is 0.188. The first-order valence-electron chi connectivity index (χ1n) is 13.3. The first-order chi connectivity index (χ1) is 20.7. The normalized spacial score (nSPS) is 10.6. The Morgan fingerprint density at radius 1 is 0.791 bits per heavy atom. The molecule has 0 aliphatic carbocycles. The van der Waals surface area contributed by atoms with Crippen molar-refractivity contribution in [3.05, 3.63) is 102 Å². The highest BCUT2D eigenvalue weighted by Crippen LogP contribution is 2.43. The third-order valence-corrected chi connectivity index (χ3v) is 6.53. The minimum atomic E-state index is -0.580. The minimum absolute atomic E-state index is 0.0979. The van der Waals surface area contributed by atoms with Gasteiger partial charge in [0.05, 0.1) is 25.5 Å². The van der Waals surface area contributed by atoms with Gasteiger partial charge in [0.1, 0.15) is 11.5 Å². The summed E-state index contributed by atoms with van der Waals surface area (Å²) in [5, 5.41) is 10.4. The lowest BCUT2D eigenvalue weighted by molar-refractivity contribution is -0.132. The van der Waals surface area contributed by atoms with Crippen LogP contribution in [0.15, 0.2) is 91.0 Å². The molecule has 4 aromatic carbocycles. The fourth-order valence-corrected chi connectivity index (χ4v) is 4.51. The van der Waals surface area contributed by atoms with Crippen LogP contribution in [0.4, 0.5) is 20.6 Å².